The van der Waals surface area contributed by atoms with Gasteiger partial charge in [0, 0.05) is 6.42 Å². The Hall–Kier alpha value is -1.51. The first-order valence-electron chi connectivity index (χ1n) is 9.12. The Morgan fingerprint density at radius 1 is 1.42 bits per heavy atom. The van der Waals surface area contributed by atoms with E-state index in [1.165, 1.54) is 24.7 Å². The highest BCUT2D eigenvalue weighted by molar-refractivity contribution is 5.69. The highest BCUT2D eigenvalue weighted by Crippen LogP contribution is 2.53. The average Bonchev–Trinajstić information content (AvgIpc) is 3.07. The van der Waals surface area contributed by atoms with Crippen molar-refractivity contribution in [3.63, 3.8) is 0 Å². The standard InChI is InChI=1S/C21H32O3/c1-15(2)18-7-6-16(3)21(4,12-10-17-11-13-24-14-17)19(18)8-9-20(22)23-5/h11,13-14,16,19H,6-10,12H2,1-5H3/t16-,19-,21+/m1/s1. The van der Waals surface area contributed by atoms with Crippen molar-refractivity contribution < 1.29 is 13.9 Å². The summed E-state index contributed by atoms with van der Waals surface area (Å²) in [5.41, 5.74) is 4.45. The summed E-state index contributed by atoms with van der Waals surface area (Å²) in [4.78, 5) is 11.7. The summed E-state index contributed by atoms with van der Waals surface area (Å²) >= 11 is 0. The van der Waals surface area contributed by atoms with Crippen LogP contribution in [0.4, 0.5) is 0 Å². The zero-order valence-electron chi connectivity index (χ0n) is 15.9. The lowest BCUT2D eigenvalue weighted by atomic mass is 9.56. The minimum Gasteiger partial charge on any atom is -0.472 e. The first kappa shape index (κ1) is 18.8. The normalized spacial score (nSPS) is 27.1. The Balaban J connectivity index is 2.23. The fourth-order valence-corrected chi connectivity index (χ4v) is 4.35. The van der Waals surface area contributed by atoms with Gasteiger partial charge in [0.05, 0.1) is 19.6 Å². The van der Waals surface area contributed by atoms with Crippen molar-refractivity contribution in [1.82, 2.24) is 0 Å². The van der Waals surface area contributed by atoms with Gasteiger partial charge in [0.15, 0.2) is 0 Å². The Bertz CT molecular complexity index is 566. The van der Waals surface area contributed by atoms with Crippen molar-refractivity contribution in [2.45, 2.75) is 66.2 Å². The third kappa shape index (κ3) is 4.12. The van der Waals surface area contributed by atoms with Crippen LogP contribution in [0.3, 0.4) is 0 Å². The van der Waals surface area contributed by atoms with E-state index in [0.717, 1.165) is 25.7 Å². The zero-order chi connectivity index (χ0) is 17.7. The van der Waals surface area contributed by atoms with Crippen LogP contribution in [0.5, 0.6) is 0 Å². The monoisotopic (exact) mass is 332 g/mol. The number of esters is 1. The molecule has 1 aromatic rings. The van der Waals surface area contributed by atoms with E-state index in [2.05, 4.69) is 33.8 Å². The molecule has 1 saturated carbocycles. The Kier molecular flexibility index (Phi) is 6.31. The van der Waals surface area contributed by atoms with Crippen LogP contribution in [0, 0.1) is 17.3 Å². The highest BCUT2D eigenvalue weighted by atomic mass is 16.5. The predicted octanol–water partition coefficient (Wildman–Crippen LogP) is 5.55. The van der Waals surface area contributed by atoms with Gasteiger partial charge in [-0.05, 0) is 74.8 Å². The van der Waals surface area contributed by atoms with Gasteiger partial charge in [-0.3, -0.25) is 4.79 Å². The maximum atomic E-state index is 11.7. The summed E-state index contributed by atoms with van der Waals surface area (Å²) in [5.74, 6) is 1.01. The lowest BCUT2D eigenvalue weighted by Crippen LogP contribution is -2.40. The number of hydrogen-bond donors (Lipinski definition) is 0. The number of ether oxygens (including phenoxy) is 1. The number of carbonyl (C=O) groups is 1. The van der Waals surface area contributed by atoms with Gasteiger partial charge < -0.3 is 9.15 Å². The molecule has 0 aliphatic heterocycles. The number of furan rings is 1. The minimum absolute atomic E-state index is 0.0986. The second kappa shape index (κ2) is 8.04. The van der Waals surface area contributed by atoms with Crippen molar-refractivity contribution in [3.05, 3.63) is 35.3 Å². The molecule has 3 nitrogen and oxygen atoms in total. The van der Waals surface area contributed by atoms with E-state index in [9.17, 15) is 4.79 Å². The molecule has 1 aliphatic carbocycles. The third-order valence-electron chi connectivity index (χ3n) is 6.23. The van der Waals surface area contributed by atoms with E-state index in [4.69, 9.17) is 9.15 Å². The summed E-state index contributed by atoms with van der Waals surface area (Å²) in [6.45, 7) is 9.23. The lowest BCUT2D eigenvalue weighted by molar-refractivity contribution is -0.141. The van der Waals surface area contributed by atoms with Gasteiger partial charge in [-0.1, -0.05) is 25.0 Å². The number of hydrogen-bond acceptors (Lipinski definition) is 3. The van der Waals surface area contributed by atoms with Gasteiger partial charge in [-0.15, -0.1) is 0 Å². The zero-order valence-corrected chi connectivity index (χ0v) is 15.9. The molecule has 1 aliphatic rings. The summed E-state index contributed by atoms with van der Waals surface area (Å²) < 4.78 is 10.1. The number of carbonyl (C=O) groups excluding carboxylic acids is 1. The van der Waals surface area contributed by atoms with Gasteiger partial charge in [0.25, 0.3) is 0 Å². The second-order valence-electron chi connectivity index (χ2n) is 7.77. The van der Waals surface area contributed by atoms with Crippen LogP contribution in [0.1, 0.15) is 65.4 Å². The Morgan fingerprint density at radius 3 is 2.75 bits per heavy atom. The molecule has 1 fully saturated rings. The second-order valence-corrected chi connectivity index (χ2v) is 7.77. The van der Waals surface area contributed by atoms with Crippen molar-refractivity contribution in [1.29, 1.82) is 0 Å². The van der Waals surface area contributed by atoms with Crippen LogP contribution < -0.4 is 0 Å². The van der Waals surface area contributed by atoms with Gasteiger partial charge in [0.1, 0.15) is 0 Å². The quantitative estimate of drug-likeness (QED) is 0.506. The van der Waals surface area contributed by atoms with E-state index in [0.29, 0.717) is 18.3 Å². The average molecular weight is 332 g/mol. The summed E-state index contributed by atoms with van der Waals surface area (Å²) in [7, 11) is 1.48. The number of aryl methyl sites for hydroxylation is 1. The summed E-state index contributed by atoms with van der Waals surface area (Å²) in [6, 6.07) is 2.06. The maximum Gasteiger partial charge on any atom is 0.305 e. The predicted molar refractivity (Wildman–Crippen MR) is 96.6 cm³/mol. The summed E-state index contributed by atoms with van der Waals surface area (Å²) in [6.07, 6.45) is 9.54. The van der Waals surface area contributed by atoms with Gasteiger partial charge in [0.2, 0.25) is 0 Å². The van der Waals surface area contributed by atoms with Crippen LogP contribution in [-0.2, 0) is 16.0 Å². The molecule has 0 bridgehead atoms. The minimum atomic E-state index is -0.0986. The topological polar surface area (TPSA) is 39.4 Å². The molecule has 134 valence electrons. The SMILES string of the molecule is COC(=O)CC[C@@H]1C(=C(C)C)CC[C@@H](C)[C@]1(C)CCc1ccoc1. The largest absolute Gasteiger partial charge is 0.472 e. The van der Waals surface area contributed by atoms with Crippen molar-refractivity contribution in [2.75, 3.05) is 7.11 Å². The molecule has 1 heterocycles. The first-order valence-corrected chi connectivity index (χ1v) is 9.12. The molecule has 0 aromatic carbocycles. The van der Waals surface area contributed by atoms with Crippen molar-refractivity contribution >= 4 is 5.97 Å². The molecule has 3 heteroatoms. The molecule has 0 radical (unpaired) electrons. The molecular formula is C21H32O3. The summed E-state index contributed by atoms with van der Waals surface area (Å²) in [5, 5.41) is 0. The highest BCUT2D eigenvalue weighted by Gasteiger charge is 2.43. The fourth-order valence-electron chi connectivity index (χ4n) is 4.35. The van der Waals surface area contributed by atoms with E-state index >= 15 is 0 Å². The molecule has 0 amide bonds. The smallest absolute Gasteiger partial charge is 0.305 e. The molecule has 1 aromatic heterocycles. The van der Waals surface area contributed by atoms with E-state index in [1.54, 1.807) is 11.8 Å². The molecule has 2 rings (SSSR count). The molecule has 0 N–H and O–H groups in total. The van der Waals surface area contributed by atoms with Crippen molar-refractivity contribution in [3.8, 4) is 0 Å². The van der Waals surface area contributed by atoms with E-state index in [-0.39, 0.29) is 11.4 Å². The number of methoxy groups -OCH3 is 1. The van der Waals surface area contributed by atoms with Crippen LogP contribution in [0.2, 0.25) is 0 Å². The first-order chi connectivity index (χ1) is 11.4. The van der Waals surface area contributed by atoms with Gasteiger partial charge in [-0.2, -0.15) is 0 Å². The molecule has 24 heavy (non-hydrogen) atoms. The van der Waals surface area contributed by atoms with Gasteiger partial charge in [-0.25, -0.2) is 0 Å². The maximum absolute atomic E-state index is 11.7. The van der Waals surface area contributed by atoms with Crippen LogP contribution in [0.15, 0.2) is 34.2 Å². The Morgan fingerprint density at radius 2 is 2.17 bits per heavy atom. The van der Waals surface area contributed by atoms with Crippen LogP contribution in [-0.4, -0.2) is 13.1 Å². The molecule has 3 atom stereocenters. The van der Waals surface area contributed by atoms with Crippen LogP contribution in [0.25, 0.3) is 0 Å². The molecule has 0 saturated heterocycles. The Labute approximate surface area is 146 Å². The van der Waals surface area contributed by atoms with E-state index in [1.807, 2.05) is 6.26 Å². The number of rotatable bonds is 6. The molecular weight excluding hydrogens is 300 g/mol. The van der Waals surface area contributed by atoms with Crippen molar-refractivity contribution in [2.24, 2.45) is 17.3 Å². The third-order valence-corrected chi connectivity index (χ3v) is 6.23. The lowest BCUT2D eigenvalue weighted by Gasteiger charge is -2.49. The van der Waals surface area contributed by atoms with Gasteiger partial charge >= 0.3 is 5.97 Å². The molecule has 0 unspecified atom stereocenters. The van der Waals surface area contributed by atoms with Crippen LogP contribution >= 0.6 is 0 Å². The van der Waals surface area contributed by atoms with E-state index < -0.39 is 0 Å². The fraction of sp³-hybridized carbons (Fsp3) is 0.667. The molecule has 0 spiro atoms. The number of allylic oxidation sites excluding steroid dienone is 2.